The number of carboxylic acid groups (broad SMARTS) is 1. The molecule has 110 valence electrons. The largest absolute Gasteiger partial charge is 0.478 e. The van der Waals surface area contributed by atoms with E-state index in [2.05, 4.69) is 9.71 Å². The summed E-state index contributed by atoms with van der Waals surface area (Å²) >= 11 is 0. The summed E-state index contributed by atoms with van der Waals surface area (Å²) in [5.41, 5.74) is 1.44. The Bertz CT molecular complexity index is 783. The molecular weight excluding hydrogens is 292 g/mol. The minimum Gasteiger partial charge on any atom is -0.478 e. The van der Waals surface area contributed by atoms with Gasteiger partial charge in [0.1, 0.15) is 5.82 Å². The Balaban J connectivity index is 2.33. The van der Waals surface area contributed by atoms with Gasteiger partial charge in [0.25, 0.3) is 10.0 Å². The van der Waals surface area contributed by atoms with Gasteiger partial charge in [-0.2, -0.15) is 0 Å². The van der Waals surface area contributed by atoms with E-state index in [0.717, 1.165) is 11.8 Å². The summed E-state index contributed by atoms with van der Waals surface area (Å²) in [6, 6.07) is 7.73. The molecule has 21 heavy (non-hydrogen) atoms. The second-order valence-corrected chi connectivity index (χ2v) is 6.26. The average Bonchev–Trinajstić information content (AvgIpc) is 2.41. The van der Waals surface area contributed by atoms with Crippen molar-refractivity contribution in [2.24, 2.45) is 0 Å². The second-order valence-electron chi connectivity index (χ2n) is 4.61. The fourth-order valence-corrected chi connectivity index (χ4v) is 3.11. The number of nitrogens with zero attached hydrogens (tertiary/aromatic N) is 1. The highest BCUT2D eigenvalue weighted by Crippen LogP contribution is 2.19. The fourth-order valence-electron chi connectivity index (χ4n) is 1.77. The van der Waals surface area contributed by atoms with Crippen LogP contribution in [0.4, 0.5) is 5.82 Å². The van der Waals surface area contributed by atoms with Gasteiger partial charge in [-0.25, -0.2) is 18.2 Å². The molecule has 2 rings (SSSR count). The minimum atomic E-state index is -3.76. The van der Waals surface area contributed by atoms with Gasteiger partial charge in [-0.15, -0.1) is 0 Å². The number of aromatic carboxylic acids is 1. The molecule has 0 saturated carbocycles. The fraction of sp³-hybridized carbons (Fsp3) is 0.143. The van der Waals surface area contributed by atoms with E-state index >= 15 is 0 Å². The normalized spacial score (nSPS) is 11.1. The number of hydrogen-bond acceptors (Lipinski definition) is 4. The Hall–Kier alpha value is -2.41. The molecule has 0 bridgehead atoms. The van der Waals surface area contributed by atoms with Crippen molar-refractivity contribution in [2.45, 2.75) is 18.7 Å². The van der Waals surface area contributed by atoms with Gasteiger partial charge in [0.2, 0.25) is 0 Å². The van der Waals surface area contributed by atoms with Crippen LogP contribution in [0.15, 0.2) is 41.4 Å². The van der Waals surface area contributed by atoms with Crippen molar-refractivity contribution in [3.8, 4) is 0 Å². The van der Waals surface area contributed by atoms with Crippen LogP contribution in [0.25, 0.3) is 0 Å². The van der Waals surface area contributed by atoms with E-state index in [-0.39, 0.29) is 16.3 Å². The lowest BCUT2D eigenvalue weighted by atomic mass is 10.2. The van der Waals surface area contributed by atoms with Crippen LogP contribution < -0.4 is 4.72 Å². The van der Waals surface area contributed by atoms with Crippen LogP contribution in [0.5, 0.6) is 0 Å². The molecule has 7 heteroatoms. The minimum absolute atomic E-state index is 0.00955. The number of nitrogens with one attached hydrogen (secondary N) is 1. The maximum atomic E-state index is 12.3. The first kappa shape index (κ1) is 15.0. The van der Waals surface area contributed by atoms with Crippen LogP contribution in [0.3, 0.4) is 0 Å². The lowest BCUT2D eigenvalue weighted by Crippen LogP contribution is -2.15. The molecule has 0 amide bonds. The molecule has 1 aromatic heterocycles. The number of carbonyl (C=O) groups is 1. The number of aryl methyl sites for hydroxylation is 2. The van der Waals surface area contributed by atoms with Gasteiger partial charge in [0.05, 0.1) is 10.5 Å². The standard InChI is InChI=1S/C14H14N2O4S/c1-9-3-4-10(2)12(7-9)21(19,20)16-13-6-5-11(8-15-13)14(17)18/h3-8H,1-2H3,(H,15,16)(H,17,18). The number of hydrogen-bond donors (Lipinski definition) is 2. The van der Waals surface area contributed by atoms with Crippen molar-refractivity contribution in [1.29, 1.82) is 0 Å². The van der Waals surface area contributed by atoms with Gasteiger partial charge in [-0.1, -0.05) is 12.1 Å². The lowest BCUT2D eigenvalue weighted by Gasteiger charge is -2.10. The van der Waals surface area contributed by atoms with Crippen molar-refractivity contribution in [3.05, 3.63) is 53.2 Å². The van der Waals surface area contributed by atoms with Crippen molar-refractivity contribution in [1.82, 2.24) is 4.98 Å². The van der Waals surface area contributed by atoms with Crippen molar-refractivity contribution >= 4 is 21.8 Å². The molecule has 0 unspecified atom stereocenters. The summed E-state index contributed by atoms with van der Waals surface area (Å²) in [6.45, 7) is 3.51. The number of benzene rings is 1. The number of rotatable bonds is 4. The van der Waals surface area contributed by atoms with Crippen LogP contribution in [-0.2, 0) is 10.0 Å². The number of carboxylic acids is 1. The third-order valence-corrected chi connectivity index (χ3v) is 4.38. The molecule has 0 radical (unpaired) electrons. The Morgan fingerprint density at radius 2 is 1.90 bits per heavy atom. The maximum Gasteiger partial charge on any atom is 0.337 e. The molecule has 0 fully saturated rings. The Kier molecular flexibility index (Phi) is 3.95. The Labute approximate surface area is 122 Å². The summed E-state index contributed by atoms with van der Waals surface area (Å²) in [5, 5.41) is 8.77. The van der Waals surface area contributed by atoms with Gasteiger partial charge >= 0.3 is 5.97 Å². The highest BCUT2D eigenvalue weighted by atomic mass is 32.2. The number of aromatic nitrogens is 1. The van der Waals surface area contributed by atoms with Crippen molar-refractivity contribution in [3.63, 3.8) is 0 Å². The zero-order chi connectivity index (χ0) is 15.6. The van der Waals surface area contributed by atoms with E-state index in [1.165, 1.54) is 12.1 Å². The lowest BCUT2D eigenvalue weighted by molar-refractivity contribution is 0.0696. The molecule has 0 aliphatic heterocycles. The third kappa shape index (κ3) is 3.38. The van der Waals surface area contributed by atoms with Crippen LogP contribution >= 0.6 is 0 Å². The maximum absolute atomic E-state index is 12.3. The van der Waals surface area contributed by atoms with Crippen LogP contribution in [0.2, 0.25) is 0 Å². The number of anilines is 1. The highest BCUT2D eigenvalue weighted by molar-refractivity contribution is 7.92. The first-order chi connectivity index (χ1) is 9.79. The number of pyridine rings is 1. The summed E-state index contributed by atoms with van der Waals surface area (Å²) in [4.78, 5) is 14.7. The van der Waals surface area contributed by atoms with Gasteiger partial charge < -0.3 is 5.11 Å². The monoisotopic (exact) mass is 306 g/mol. The average molecular weight is 306 g/mol. The molecule has 1 aromatic carbocycles. The topological polar surface area (TPSA) is 96.4 Å². The third-order valence-electron chi connectivity index (χ3n) is 2.88. The molecule has 0 aliphatic rings. The smallest absolute Gasteiger partial charge is 0.337 e. The van der Waals surface area contributed by atoms with Gasteiger partial charge in [-0.05, 0) is 43.2 Å². The van der Waals surface area contributed by atoms with Gasteiger partial charge in [-0.3, -0.25) is 4.72 Å². The summed E-state index contributed by atoms with van der Waals surface area (Å²) in [6.07, 6.45) is 1.10. The highest BCUT2D eigenvalue weighted by Gasteiger charge is 2.17. The van der Waals surface area contributed by atoms with E-state index in [9.17, 15) is 13.2 Å². The van der Waals surface area contributed by atoms with Gasteiger partial charge in [0, 0.05) is 6.20 Å². The SMILES string of the molecule is Cc1ccc(C)c(S(=O)(=O)Nc2ccc(C(=O)O)cn2)c1. The molecule has 0 saturated heterocycles. The Morgan fingerprint density at radius 3 is 2.48 bits per heavy atom. The summed E-state index contributed by atoms with van der Waals surface area (Å²) in [5.74, 6) is -1.05. The molecule has 0 aliphatic carbocycles. The van der Waals surface area contributed by atoms with Crippen molar-refractivity contribution < 1.29 is 18.3 Å². The predicted molar refractivity (Wildman–Crippen MR) is 77.9 cm³/mol. The van der Waals surface area contributed by atoms with E-state index in [0.29, 0.717) is 5.56 Å². The summed E-state index contributed by atoms with van der Waals surface area (Å²) < 4.78 is 27.0. The molecule has 0 spiro atoms. The van der Waals surface area contributed by atoms with E-state index in [1.54, 1.807) is 26.0 Å². The van der Waals surface area contributed by atoms with Crippen molar-refractivity contribution in [2.75, 3.05) is 4.72 Å². The molecule has 6 nitrogen and oxygen atoms in total. The first-order valence-electron chi connectivity index (χ1n) is 6.09. The predicted octanol–water partition coefficient (Wildman–Crippen LogP) is 2.20. The Morgan fingerprint density at radius 1 is 1.19 bits per heavy atom. The first-order valence-corrected chi connectivity index (χ1v) is 7.57. The number of sulfonamides is 1. The zero-order valence-corrected chi connectivity index (χ0v) is 12.3. The summed E-state index contributed by atoms with van der Waals surface area (Å²) in [7, 11) is -3.76. The van der Waals surface area contributed by atoms with E-state index < -0.39 is 16.0 Å². The molecule has 2 N–H and O–H groups in total. The molecule has 0 atom stereocenters. The van der Waals surface area contributed by atoms with Gasteiger partial charge in [0.15, 0.2) is 0 Å². The zero-order valence-electron chi connectivity index (χ0n) is 11.5. The van der Waals surface area contributed by atoms with E-state index in [1.807, 2.05) is 6.07 Å². The van der Waals surface area contributed by atoms with Crippen LogP contribution in [0.1, 0.15) is 21.5 Å². The second kappa shape index (κ2) is 5.53. The van der Waals surface area contributed by atoms with Crippen LogP contribution in [-0.4, -0.2) is 24.5 Å². The molecule has 2 aromatic rings. The quantitative estimate of drug-likeness (QED) is 0.902. The molecular formula is C14H14N2O4S. The van der Waals surface area contributed by atoms with E-state index in [4.69, 9.17) is 5.11 Å². The molecule has 1 heterocycles. The van der Waals surface area contributed by atoms with Crippen LogP contribution in [0, 0.1) is 13.8 Å².